The van der Waals surface area contributed by atoms with Crippen molar-refractivity contribution in [3.8, 4) is 5.75 Å². The third-order valence-electron chi connectivity index (χ3n) is 4.38. The molecule has 0 spiro atoms. The number of piperidine rings is 1. The zero-order valence-corrected chi connectivity index (χ0v) is 13.8. The Morgan fingerprint density at radius 1 is 1.29 bits per heavy atom. The molecule has 1 heterocycles. The maximum atomic E-state index is 5.87. The fourth-order valence-corrected chi connectivity index (χ4v) is 3.44. The van der Waals surface area contributed by atoms with Crippen molar-refractivity contribution >= 4 is 0 Å². The monoisotopic (exact) mass is 290 g/mol. The van der Waals surface area contributed by atoms with Crippen LogP contribution in [0.5, 0.6) is 5.75 Å². The minimum atomic E-state index is 0.464. The van der Waals surface area contributed by atoms with Gasteiger partial charge in [0.05, 0.1) is 6.61 Å². The lowest BCUT2D eigenvalue weighted by Gasteiger charge is -2.40. The summed E-state index contributed by atoms with van der Waals surface area (Å²) in [6.45, 7) is 8.40. The molecule has 0 amide bonds. The largest absolute Gasteiger partial charge is 0.494 e. The highest BCUT2D eigenvalue weighted by Crippen LogP contribution is 2.38. The quantitative estimate of drug-likeness (QED) is 0.778. The van der Waals surface area contributed by atoms with Crippen molar-refractivity contribution in [1.29, 1.82) is 0 Å². The van der Waals surface area contributed by atoms with E-state index in [4.69, 9.17) is 4.74 Å². The van der Waals surface area contributed by atoms with Crippen LogP contribution in [0.2, 0.25) is 0 Å². The van der Waals surface area contributed by atoms with Gasteiger partial charge in [0.25, 0.3) is 0 Å². The van der Waals surface area contributed by atoms with Crippen LogP contribution in [-0.4, -0.2) is 38.2 Å². The number of hydrogen-bond donors (Lipinski definition) is 1. The molecule has 3 heteroatoms. The van der Waals surface area contributed by atoms with Gasteiger partial charge in [0, 0.05) is 11.6 Å². The molecule has 1 fully saturated rings. The molecular weight excluding hydrogens is 260 g/mol. The second kappa shape index (κ2) is 8.40. The van der Waals surface area contributed by atoms with Gasteiger partial charge in [-0.15, -0.1) is 0 Å². The number of benzene rings is 1. The highest BCUT2D eigenvalue weighted by molar-refractivity contribution is 5.36. The molecule has 0 bridgehead atoms. The van der Waals surface area contributed by atoms with Gasteiger partial charge in [-0.05, 0) is 64.9 Å². The normalized spacial score (nSPS) is 23.2. The molecule has 0 aromatic heterocycles. The lowest BCUT2D eigenvalue weighted by atomic mass is 9.84. The number of rotatable bonds is 7. The van der Waals surface area contributed by atoms with E-state index in [1.165, 1.54) is 31.4 Å². The molecule has 1 aromatic rings. The summed E-state index contributed by atoms with van der Waals surface area (Å²) in [7, 11) is 2.25. The minimum Gasteiger partial charge on any atom is -0.494 e. The molecule has 118 valence electrons. The van der Waals surface area contributed by atoms with Gasteiger partial charge in [-0.3, -0.25) is 4.90 Å². The van der Waals surface area contributed by atoms with Crippen molar-refractivity contribution < 1.29 is 4.74 Å². The Bertz CT molecular complexity index is 421. The molecular formula is C18H30N2O. The Labute approximate surface area is 129 Å². The average Bonchev–Trinajstić information content (AvgIpc) is 2.49. The number of nitrogens with zero attached hydrogens (tertiary/aromatic N) is 1. The zero-order valence-electron chi connectivity index (χ0n) is 13.8. The summed E-state index contributed by atoms with van der Waals surface area (Å²) in [4.78, 5) is 2.50. The van der Waals surface area contributed by atoms with E-state index in [9.17, 15) is 0 Å². The topological polar surface area (TPSA) is 24.5 Å². The Hall–Kier alpha value is -1.06. The highest BCUT2D eigenvalue weighted by atomic mass is 16.5. The maximum Gasteiger partial charge on any atom is 0.124 e. The van der Waals surface area contributed by atoms with E-state index in [0.717, 1.165) is 25.4 Å². The first-order valence-corrected chi connectivity index (χ1v) is 8.40. The number of ether oxygens (including phenoxy) is 1. The van der Waals surface area contributed by atoms with Crippen molar-refractivity contribution in [2.45, 2.75) is 39.2 Å². The summed E-state index contributed by atoms with van der Waals surface area (Å²) in [5.41, 5.74) is 1.35. The Morgan fingerprint density at radius 2 is 2.10 bits per heavy atom. The summed E-state index contributed by atoms with van der Waals surface area (Å²) >= 11 is 0. The number of hydrogen-bond acceptors (Lipinski definition) is 3. The molecule has 21 heavy (non-hydrogen) atoms. The van der Waals surface area contributed by atoms with Crippen molar-refractivity contribution in [3.05, 3.63) is 29.8 Å². The Balaban J connectivity index is 2.19. The van der Waals surface area contributed by atoms with Gasteiger partial charge >= 0.3 is 0 Å². The fourth-order valence-electron chi connectivity index (χ4n) is 3.44. The fraction of sp³-hybridized carbons (Fsp3) is 0.667. The van der Waals surface area contributed by atoms with Gasteiger partial charge < -0.3 is 10.1 Å². The lowest BCUT2D eigenvalue weighted by molar-refractivity contribution is 0.116. The Morgan fingerprint density at radius 3 is 2.86 bits per heavy atom. The third kappa shape index (κ3) is 4.21. The van der Waals surface area contributed by atoms with E-state index in [0.29, 0.717) is 12.0 Å². The minimum absolute atomic E-state index is 0.464. The summed E-state index contributed by atoms with van der Waals surface area (Å²) in [5.74, 6) is 1.72. The van der Waals surface area contributed by atoms with Crippen LogP contribution in [0.3, 0.4) is 0 Å². The molecule has 2 rings (SSSR count). The van der Waals surface area contributed by atoms with Crippen LogP contribution in [0, 0.1) is 5.92 Å². The van der Waals surface area contributed by atoms with Gasteiger partial charge in [0.2, 0.25) is 0 Å². The highest BCUT2D eigenvalue weighted by Gasteiger charge is 2.31. The van der Waals surface area contributed by atoms with Crippen LogP contribution in [0.25, 0.3) is 0 Å². The lowest BCUT2D eigenvalue weighted by Crippen LogP contribution is -2.40. The molecule has 0 aliphatic carbocycles. The number of para-hydroxylation sites is 1. The first kappa shape index (κ1) is 16.3. The molecule has 1 aliphatic heterocycles. The molecule has 0 saturated carbocycles. The molecule has 2 unspecified atom stereocenters. The predicted molar refractivity (Wildman–Crippen MR) is 88.9 cm³/mol. The second-order valence-corrected chi connectivity index (χ2v) is 6.00. The molecule has 1 aromatic carbocycles. The summed E-state index contributed by atoms with van der Waals surface area (Å²) in [6, 6.07) is 9.02. The van der Waals surface area contributed by atoms with Gasteiger partial charge in [-0.1, -0.05) is 25.1 Å². The Kier molecular flexibility index (Phi) is 6.52. The SMILES string of the molecule is CCCNCC1CCCN(C)C1c1ccccc1OCC. The third-order valence-corrected chi connectivity index (χ3v) is 4.38. The van der Waals surface area contributed by atoms with Crippen LogP contribution in [0.1, 0.15) is 44.7 Å². The van der Waals surface area contributed by atoms with Crippen molar-refractivity contribution in [2.75, 3.05) is 33.3 Å². The van der Waals surface area contributed by atoms with E-state index in [-0.39, 0.29) is 0 Å². The van der Waals surface area contributed by atoms with Gasteiger partial charge in [0.1, 0.15) is 5.75 Å². The number of nitrogens with one attached hydrogen (secondary N) is 1. The molecule has 1 saturated heterocycles. The second-order valence-electron chi connectivity index (χ2n) is 6.00. The molecule has 3 nitrogen and oxygen atoms in total. The first-order valence-electron chi connectivity index (χ1n) is 8.40. The maximum absolute atomic E-state index is 5.87. The van der Waals surface area contributed by atoms with Crippen molar-refractivity contribution in [1.82, 2.24) is 10.2 Å². The van der Waals surface area contributed by atoms with Gasteiger partial charge in [-0.2, -0.15) is 0 Å². The van der Waals surface area contributed by atoms with E-state index in [2.05, 4.69) is 55.4 Å². The predicted octanol–water partition coefficient (Wildman–Crippen LogP) is 3.47. The average molecular weight is 290 g/mol. The summed E-state index contributed by atoms with van der Waals surface area (Å²) < 4.78 is 5.87. The van der Waals surface area contributed by atoms with E-state index < -0.39 is 0 Å². The standard InChI is InChI=1S/C18H30N2O/c1-4-12-19-14-15-9-8-13-20(3)18(15)16-10-6-7-11-17(16)21-5-2/h6-7,10-11,15,18-19H,4-5,8-9,12-14H2,1-3H3. The summed E-state index contributed by atoms with van der Waals surface area (Å²) in [6.07, 6.45) is 3.79. The van der Waals surface area contributed by atoms with Crippen LogP contribution in [0.15, 0.2) is 24.3 Å². The molecule has 1 N–H and O–H groups in total. The van der Waals surface area contributed by atoms with Crippen LogP contribution >= 0.6 is 0 Å². The van der Waals surface area contributed by atoms with Crippen molar-refractivity contribution in [3.63, 3.8) is 0 Å². The van der Waals surface area contributed by atoms with Gasteiger partial charge in [-0.25, -0.2) is 0 Å². The van der Waals surface area contributed by atoms with Crippen LogP contribution < -0.4 is 10.1 Å². The van der Waals surface area contributed by atoms with Crippen LogP contribution in [-0.2, 0) is 0 Å². The smallest absolute Gasteiger partial charge is 0.124 e. The van der Waals surface area contributed by atoms with E-state index >= 15 is 0 Å². The number of likely N-dealkylation sites (tertiary alicyclic amines) is 1. The van der Waals surface area contributed by atoms with Crippen molar-refractivity contribution in [2.24, 2.45) is 5.92 Å². The molecule has 0 radical (unpaired) electrons. The molecule has 2 atom stereocenters. The van der Waals surface area contributed by atoms with Gasteiger partial charge in [0.15, 0.2) is 0 Å². The van der Waals surface area contributed by atoms with E-state index in [1.807, 2.05) is 0 Å². The summed E-state index contributed by atoms with van der Waals surface area (Å²) in [5, 5.41) is 3.61. The molecule has 1 aliphatic rings. The zero-order chi connectivity index (χ0) is 15.1. The first-order chi connectivity index (χ1) is 10.3. The van der Waals surface area contributed by atoms with Crippen LogP contribution in [0.4, 0.5) is 0 Å². The van der Waals surface area contributed by atoms with E-state index in [1.54, 1.807) is 0 Å².